The zero-order valence-electron chi connectivity index (χ0n) is 16.9. The summed E-state index contributed by atoms with van der Waals surface area (Å²) in [4.78, 5) is 15.1. The molecular formula is C21H40N2O3. The maximum absolute atomic E-state index is 12.4. The number of unbranched alkanes of at least 4 members (excludes halogenated alkanes) is 13. The number of aliphatic carboxylic acids is 1. The number of hydroxylamine groups is 3. The molecule has 5 nitrogen and oxygen atoms in total. The summed E-state index contributed by atoms with van der Waals surface area (Å²) in [6, 6.07) is 0. The number of hydrogen-bond donors (Lipinski definition) is 1. The molecular weight excluding hydrogens is 328 g/mol. The number of amidine groups is 1. The Morgan fingerprint density at radius 2 is 1.38 bits per heavy atom. The van der Waals surface area contributed by atoms with E-state index in [1.165, 1.54) is 77.0 Å². The SMILES string of the molecule is CCCCCCCCCCCCCCCCC1=NCC[N+]1([O-])CC(=O)O. The van der Waals surface area contributed by atoms with Crippen LogP contribution in [0.3, 0.4) is 0 Å². The van der Waals surface area contributed by atoms with Crippen LogP contribution in [-0.2, 0) is 4.79 Å². The van der Waals surface area contributed by atoms with Gasteiger partial charge in [-0.25, -0.2) is 9.79 Å². The van der Waals surface area contributed by atoms with Crippen molar-refractivity contribution < 1.29 is 14.5 Å². The molecule has 0 aromatic carbocycles. The van der Waals surface area contributed by atoms with Crippen LogP contribution in [0.5, 0.6) is 0 Å². The molecule has 0 aromatic rings. The standard InChI is InChI=1S/C21H40N2O3/c1-2-3-4-5-6-7-8-9-10-11-12-13-14-15-16-20-22-17-18-23(20,26)19-21(24)25/h2-19H2,1H3,(H,24,25). The lowest BCUT2D eigenvalue weighted by Crippen LogP contribution is -2.48. The number of carboxylic acids is 1. The van der Waals surface area contributed by atoms with Crippen molar-refractivity contribution in [3.63, 3.8) is 0 Å². The molecule has 1 unspecified atom stereocenters. The number of carboxylic acid groups (broad SMARTS) is 1. The Kier molecular flexibility index (Phi) is 12.6. The molecule has 0 saturated carbocycles. The average Bonchev–Trinajstić information content (AvgIpc) is 2.94. The first-order valence-electron chi connectivity index (χ1n) is 10.9. The third-order valence-electron chi connectivity index (χ3n) is 5.37. The van der Waals surface area contributed by atoms with E-state index < -0.39 is 10.6 Å². The number of hydrogen-bond acceptors (Lipinski definition) is 3. The van der Waals surface area contributed by atoms with Gasteiger partial charge in [0.05, 0.1) is 6.54 Å². The van der Waals surface area contributed by atoms with Gasteiger partial charge in [0.1, 0.15) is 6.54 Å². The van der Waals surface area contributed by atoms with Crippen LogP contribution >= 0.6 is 0 Å². The summed E-state index contributed by atoms with van der Waals surface area (Å²) in [5, 5.41) is 21.3. The van der Waals surface area contributed by atoms with Gasteiger partial charge in [0, 0.05) is 6.42 Å². The van der Waals surface area contributed by atoms with E-state index in [9.17, 15) is 10.0 Å². The monoisotopic (exact) mass is 368 g/mol. The van der Waals surface area contributed by atoms with E-state index in [1.54, 1.807) is 0 Å². The number of quaternary nitrogens is 1. The summed E-state index contributed by atoms with van der Waals surface area (Å²) in [5.74, 6) is -0.484. The fourth-order valence-electron chi connectivity index (χ4n) is 3.75. The van der Waals surface area contributed by atoms with Crippen molar-refractivity contribution in [2.24, 2.45) is 4.99 Å². The number of nitrogens with zero attached hydrogens (tertiary/aromatic N) is 2. The lowest BCUT2D eigenvalue weighted by Gasteiger charge is -2.37. The van der Waals surface area contributed by atoms with Gasteiger partial charge in [0.2, 0.25) is 0 Å². The molecule has 1 aliphatic heterocycles. The molecule has 0 amide bonds. The van der Waals surface area contributed by atoms with Crippen LogP contribution in [0.1, 0.15) is 103 Å². The van der Waals surface area contributed by atoms with E-state index in [2.05, 4.69) is 11.9 Å². The molecule has 1 rings (SSSR count). The van der Waals surface area contributed by atoms with Gasteiger partial charge in [0.15, 0.2) is 12.4 Å². The highest BCUT2D eigenvalue weighted by molar-refractivity contribution is 5.80. The lowest BCUT2D eigenvalue weighted by atomic mass is 10.0. The normalized spacial score (nSPS) is 19.7. The van der Waals surface area contributed by atoms with Crippen LogP contribution in [0.2, 0.25) is 0 Å². The minimum Gasteiger partial charge on any atom is -0.626 e. The third-order valence-corrected chi connectivity index (χ3v) is 5.37. The number of rotatable bonds is 17. The second kappa shape index (κ2) is 14.2. The third kappa shape index (κ3) is 10.3. The molecule has 1 heterocycles. The molecule has 0 saturated heterocycles. The maximum Gasteiger partial charge on any atom is 0.360 e. The summed E-state index contributed by atoms with van der Waals surface area (Å²) in [6.45, 7) is 2.65. The number of carbonyl (C=O) groups is 1. The van der Waals surface area contributed by atoms with Gasteiger partial charge < -0.3 is 15.0 Å². The predicted molar refractivity (Wildman–Crippen MR) is 108 cm³/mol. The molecule has 0 radical (unpaired) electrons. The largest absolute Gasteiger partial charge is 0.626 e. The first kappa shape index (κ1) is 23.1. The van der Waals surface area contributed by atoms with Crippen LogP contribution in [0.4, 0.5) is 0 Å². The minimum atomic E-state index is -1.03. The van der Waals surface area contributed by atoms with Gasteiger partial charge in [-0.1, -0.05) is 90.4 Å². The van der Waals surface area contributed by atoms with Crippen LogP contribution in [-0.4, -0.2) is 41.2 Å². The van der Waals surface area contributed by atoms with Gasteiger partial charge in [0.25, 0.3) is 0 Å². The van der Waals surface area contributed by atoms with E-state index >= 15 is 0 Å². The Balaban J connectivity index is 1.90. The van der Waals surface area contributed by atoms with Crippen molar-refractivity contribution in [2.45, 2.75) is 103 Å². The molecule has 0 aliphatic carbocycles. The van der Waals surface area contributed by atoms with E-state index in [-0.39, 0.29) is 6.54 Å². The van der Waals surface area contributed by atoms with E-state index in [0.29, 0.717) is 25.3 Å². The van der Waals surface area contributed by atoms with Gasteiger partial charge in [-0.05, 0) is 6.42 Å². The Hall–Kier alpha value is -0.940. The second-order valence-electron chi connectivity index (χ2n) is 7.81. The van der Waals surface area contributed by atoms with Crippen LogP contribution in [0, 0.1) is 5.21 Å². The molecule has 1 N–H and O–H groups in total. The quantitative estimate of drug-likeness (QED) is 0.204. The minimum absolute atomic E-state index is 0.292. The number of aliphatic imine (C=N–C) groups is 1. The Bertz CT molecular complexity index is 412. The first-order chi connectivity index (χ1) is 12.6. The molecule has 0 bridgehead atoms. The highest BCUT2D eigenvalue weighted by Gasteiger charge is 2.31. The van der Waals surface area contributed by atoms with Crippen LogP contribution < -0.4 is 0 Å². The molecule has 5 heteroatoms. The van der Waals surface area contributed by atoms with Crippen molar-refractivity contribution in [1.82, 2.24) is 0 Å². The summed E-state index contributed by atoms with van der Waals surface area (Å²) in [7, 11) is 0. The van der Waals surface area contributed by atoms with E-state index in [0.717, 1.165) is 12.8 Å². The maximum atomic E-state index is 12.4. The van der Waals surface area contributed by atoms with Crippen molar-refractivity contribution in [2.75, 3.05) is 19.6 Å². The molecule has 152 valence electrons. The van der Waals surface area contributed by atoms with Crippen molar-refractivity contribution >= 4 is 11.8 Å². The molecule has 26 heavy (non-hydrogen) atoms. The molecule has 0 aromatic heterocycles. The van der Waals surface area contributed by atoms with E-state index in [1.807, 2.05) is 0 Å². The predicted octanol–water partition coefficient (Wildman–Crippen LogP) is 5.67. The highest BCUT2D eigenvalue weighted by atomic mass is 16.6. The Morgan fingerprint density at radius 3 is 1.85 bits per heavy atom. The fourth-order valence-corrected chi connectivity index (χ4v) is 3.75. The topological polar surface area (TPSA) is 72.7 Å². The van der Waals surface area contributed by atoms with Crippen LogP contribution in [0.15, 0.2) is 4.99 Å². The summed E-state index contributed by atoms with van der Waals surface area (Å²) in [6.07, 6.45) is 19.0. The summed E-state index contributed by atoms with van der Waals surface area (Å²) < 4.78 is -0.728. The second-order valence-corrected chi connectivity index (χ2v) is 7.81. The zero-order valence-corrected chi connectivity index (χ0v) is 16.9. The average molecular weight is 369 g/mol. The van der Waals surface area contributed by atoms with Gasteiger partial charge in [-0.3, -0.25) is 0 Å². The van der Waals surface area contributed by atoms with Crippen molar-refractivity contribution in [3.8, 4) is 0 Å². The Morgan fingerprint density at radius 1 is 0.923 bits per heavy atom. The summed E-state index contributed by atoms with van der Waals surface area (Å²) >= 11 is 0. The first-order valence-corrected chi connectivity index (χ1v) is 10.9. The zero-order chi connectivity index (χ0) is 19.1. The van der Waals surface area contributed by atoms with Crippen molar-refractivity contribution in [1.29, 1.82) is 0 Å². The highest BCUT2D eigenvalue weighted by Crippen LogP contribution is 2.19. The van der Waals surface area contributed by atoms with E-state index in [4.69, 9.17) is 5.11 Å². The molecule has 1 aliphatic rings. The smallest absolute Gasteiger partial charge is 0.360 e. The molecule has 0 spiro atoms. The lowest BCUT2D eigenvalue weighted by molar-refractivity contribution is -0.775. The van der Waals surface area contributed by atoms with Crippen LogP contribution in [0.25, 0.3) is 0 Å². The Labute approximate surface area is 160 Å². The molecule has 1 atom stereocenters. The van der Waals surface area contributed by atoms with Gasteiger partial charge in [-0.2, -0.15) is 0 Å². The van der Waals surface area contributed by atoms with Gasteiger partial charge in [-0.15, -0.1) is 0 Å². The fraction of sp³-hybridized carbons (Fsp3) is 0.905. The van der Waals surface area contributed by atoms with Crippen molar-refractivity contribution in [3.05, 3.63) is 5.21 Å². The molecule has 0 fully saturated rings. The summed E-state index contributed by atoms with van der Waals surface area (Å²) in [5.41, 5.74) is 0. The van der Waals surface area contributed by atoms with Gasteiger partial charge >= 0.3 is 5.97 Å².